The summed E-state index contributed by atoms with van der Waals surface area (Å²) >= 11 is 12.3. The molecule has 0 fully saturated rings. The molecule has 15 heteroatoms. The summed E-state index contributed by atoms with van der Waals surface area (Å²) in [5, 5.41) is 11.3. The molecule has 9 nitrogen and oxygen atoms in total. The smallest absolute Gasteiger partial charge is 0.416 e. The Bertz CT molecular complexity index is 1900. The van der Waals surface area contributed by atoms with Crippen LogP contribution in [0.3, 0.4) is 0 Å². The zero-order valence-electron chi connectivity index (χ0n) is 24.5. The molecule has 0 aromatic heterocycles. The van der Waals surface area contributed by atoms with Crippen LogP contribution in [-0.2, 0) is 28.6 Å². The predicted octanol–water partition coefficient (Wildman–Crippen LogP) is 7.37. The molecular formula is C32H27Cl2F3N4O5S. The van der Waals surface area contributed by atoms with Crippen molar-refractivity contribution in [1.29, 1.82) is 0 Å². The molecule has 2 atom stereocenters. The quantitative estimate of drug-likeness (QED) is 0.159. The first-order chi connectivity index (χ1) is 22.2. The van der Waals surface area contributed by atoms with E-state index in [4.69, 9.17) is 32.9 Å². The first kappa shape index (κ1) is 34.2. The van der Waals surface area contributed by atoms with Crippen molar-refractivity contribution in [1.82, 2.24) is 14.3 Å². The van der Waals surface area contributed by atoms with E-state index in [0.717, 1.165) is 23.1 Å². The van der Waals surface area contributed by atoms with Gasteiger partial charge in [-0.2, -0.15) is 31.0 Å². The second-order valence-corrected chi connectivity index (χ2v) is 12.7. The Kier molecular flexibility index (Phi) is 9.85. The standard InChI is InChI=1S/C32H27Cl2F3N4O5S/c1-2-46-27-18-23(32(35,36)37)12-17-26(27)29-39-31(22-10-15-25(34)16-11-22,40-47(44,45)38-19-20-6-4-3-5-7-20)28(41(29)30(42)43)21-8-13-24(33)14-9-21/h3-18,28,38,40H,2,19H2,1H3,(H,42,43). The van der Waals surface area contributed by atoms with Gasteiger partial charge in [0.1, 0.15) is 17.6 Å². The number of ether oxygens (including phenoxy) is 1. The van der Waals surface area contributed by atoms with E-state index in [0.29, 0.717) is 15.6 Å². The normalized spacial score (nSPS) is 18.2. The fourth-order valence-electron chi connectivity index (χ4n) is 5.25. The molecule has 246 valence electrons. The number of aliphatic imine (C=N–C) groups is 1. The molecule has 0 radical (unpaired) electrons. The summed E-state index contributed by atoms with van der Waals surface area (Å²) in [6.45, 7) is 1.37. The molecule has 3 N–H and O–H groups in total. The number of amidine groups is 1. The number of alkyl halides is 3. The van der Waals surface area contributed by atoms with Crippen molar-refractivity contribution in [3.05, 3.63) is 135 Å². The van der Waals surface area contributed by atoms with Crippen LogP contribution in [0.25, 0.3) is 0 Å². The molecule has 0 aliphatic carbocycles. The van der Waals surface area contributed by atoms with E-state index < -0.39 is 39.7 Å². The molecule has 0 saturated heterocycles. The number of rotatable bonds is 10. The number of hydrogen-bond acceptors (Lipinski definition) is 5. The second-order valence-electron chi connectivity index (χ2n) is 10.4. The average molecular weight is 708 g/mol. The SMILES string of the molecule is CCOc1cc(C(F)(F)F)ccc1C1=NC(NS(=O)(=O)NCc2ccccc2)(c2ccc(Cl)cc2)C(c2ccc(Cl)cc2)N1C(=O)O. The van der Waals surface area contributed by atoms with Gasteiger partial charge in [0.05, 0.1) is 17.7 Å². The Morgan fingerprint density at radius 1 is 0.979 bits per heavy atom. The molecule has 0 saturated carbocycles. The monoisotopic (exact) mass is 706 g/mol. The molecule has 1 aliphatic heterocycles. The lowest BCUT2D eigenvalue weighted by atomic mass is 9.88. The van der Waals surface area contributed by atoms with Gasteiger partial charge in [0.25, 0.3) is 10.2 Å². The van der Waals surface area contributed by atoms with Gasteiger partial charge in [-0.15, -0.1) is 0 Å². The Balaban J connectivity index is 1.78. The number of nitrogens with zero attached hydrogens (tertiary/aromatic N) is 2. The van der Waals surface area contributed by atoms with E-state index >= 15 is 0 Å². The van der Waals surface area contributed by atoms with E-state index in [1.165, 1.54) is 48.5 Å². The fraction of sp³-hybridized carbons (Fsp3) is 0.188. The molecule has 1 amide bonds. The molecule has 5 rings (SSSR count). The summed E-state index contributed by atoms with van der Waals surface area (Å²) < 4.78 is 79.4. The van der Waals surface area contributed by atoms with Crippen LogP contribution in [0.2, 0.25) is 10.0 Å². The fourth-order valence-corrected chi connectivity index (χ4v) is 6.62. The van der Waals surface area contributed by atoms with Crippen molar-refractivity contribution in [3.63, 3.8) is 0 Å². The van der Waals surface area contributed by atoms with Crippen molar-refractivity contribution in [2.75, 3.05) is 6.61 Å². The Labute approximate surface area is 278 Å². The summed E-state index contributed by atoms with van der Waals surface area (Å²) in [6.07, 6.45) is -6.30. The topological polar surface area (TPSA) is 120 Å². The first-order valence-corrected chi connectivity index (χ1v) is 16.3. The highest BCUT2D eigenvalue weighted by molar-refractivity contribution is 7.87. The van der Waals surface area contributed by atoms with Crippen molar-refractivity contribution in [2.45, 2.75) is 31.3 Å². The Hall–Kier alpha value is -4.14. The molecule has 4 aromatic carbocycles. The van der Waals surface area contributed by atoms with Crippen LogP contribution in [0.1, 0.15) is 40.8 Å². The number of benzene rings is 4. The van der Waals surface area contributed by atoms with Crippen LogP contribution < -0.4 is 14.2 Å². The van der Waals surface area contributed by atoms with Gasteiger partial charge < -0.3 is 9.84 Å². The summed E-state index contributed by atoms with van der Waals surface area (Å²) in [4.78, 5) is 18.7. The zero-order valence-corrected chi connectivity index (χ0v) is 26.8. The van der Waals surface area contributed by atoms with Crippen LogP contribution in [0, 0.1) is 0 Å². The molecular weight excluding hydrogens is 680 g/mol. The lowest BCUT2D eigenvalue weighted by molar-refractivity contribution is -0.137. The van der Waals surface area contributed by atoms with Gasteiger partial charge in [-0.05, 0) is 66.1 Å². The summed E-state index contributed by atoms with van der Waals surface area (Å²) in [6, 6.07) is 21.7. The minimum Gasteiger partial charge on any atom is -0.493 e. The number of amides is 1. The minimum absolute atomic E-state index is 0.0619. The number of halogens is 5. The van der Waals surface area contributed by atoms with Crippen molar-refractivity contribution in [3.8, 4) is 5.75 Å². The number of hydrogen-bond donors (Lipinski definition) is 3. The predicted molar refractivity (Wildman–Crippen MR) is 172 cm³/mol. The third kappa shape index (κ3) is 7.39. The molecule has 47 heavy (non-hydrogen) atoms. The van der Waals surface area contributed by atoms with Crippen LogP contribution in [0.5, 0.6) is 5.75 Å². The van der Waals surface area contributed by atoms with Crippen LogP contribution in [0.15, 0.2) is 102 Å². The number of carbonyl (C=O) groups is 1. The van der Waals surface area contributed by atoms with E-state index in [1.54, 1.807) is 37.3 Å². The lowest BCUT2D eigenvalue weighted by Crippen LogP contribution is -2.53. The highest BCUT2D eigenvalue weighted by Crippen LogP contribution is 2.49. The minimum atomic E-state index is -4.73. The maximum Gasteiger partial charge on any atom is 0.416 e. The highest BCUT2D eigenvalue weighted by atomic mass is 35.5. The van der Waals surface area contributed by atoms with Crippen molar-refractivity contribution in [2.24, 2.45) is 4.99 Å². The molecule has 0 spiro atoms. The van der Waals surface area contributed by atoms with Gasteiger partial charge in [-0.1, -0.05) is 77.8 Å². The maximum atomic E-state index is 13.8. The molecule has 2 unspecified atom stereocenters. The lowest BCUT2D eigenvalue weighted by Gasteiger charge is -2.37. The van der Waals surface area contributed by atoms with E-state index in [9.17, 15) is 31.5 Å². The van der Waals surface area contributed by atoms with Crippen LogP contribution in [-0.4, -0.2) is 37.0 Å². The second kappa shape index (κ2) is 13.5. The molecule has 1 heterocycles. The largest absolute Gasteiger partial charge is 0.493 e. The Morgan fingerprint density at radius 2 is 1.60 bits per heavy atom. The van der Waals surface area contributed by atoms with Crippen molar-refractivity contribution >= 4 is 45.3 Å². The van der Waals surface area contributed by atoms with E-state index in [2.05, 4.69) is 9.44 Å². The third-order valence-electron chi connectivity index (χ3n) is 7.29. The first-order valence-electron chi connectivity index (χ1n) is 14.0. The summed E-state index contributed by atoms with van der Waals surface area (Å²) in [5.74, 6) is -0.672. The number of carboxylic acid groups (broad SMARTS) is 1. The average Bonchev–Trinajstić information content (AvgIpc) is 3.36. The van der Waals surface area contributed by atoms with Gasteiger partial charge in [-0.25, -0.2) is 14.7 Å². The molecule has 4 aromatic rings. The van der Waals surface area contributed by atoms with Gasteiger partial charge in [0, 0.05) is 16.6 Å². The van der Waals surface area contributed by atoms with Crippen LogP contribution >= 0.6 is 23.2 Å². The van der Waals surface area contributed by atoms with E-state index in [1.807, 2.05) is 0 Å². The third-order valence-corrected chi connectivity index (χ3v) is 8.90. The van der Waals surface area contributed by atoms with E-state index in [-0.39, 0.29) is 41.4 Å². The van der Waals surface area contributed by atoms with Crippen molar-refractivity contribution < 1.29 is 36.2 Å². The van der Waals surface area contributed by atoms with Gasteiger partial charge >= 0.3 is 12.3 Å². The maximum absolute atomic E-state index is 13.8. The Morgan fingerprint density at radius 3 is 2.17 bits per heavy atom. The zero-order chi connectivity index (χ0) is 34.0. The van der Waals surface area contributed by atoms with Crippen LogP contribution in [0.4, 0.5) is 18.0 Å². The summed E-state index contributed by atoms with van der Waals surface area (Å²) in [7, 11) is -4.50. The van der Waals surface area contributed by atoms with Gasteiger partial charge in [-0.3, -0.25) is 0 Å². The molecule has 1 aliphatic rings. The van der Waals surface area contributed by atoms with Gasteiger partial charge in [0.15, 0.2) is 5.66 Å². The molecule has 0 bridgehead atoms. The van der Waals surface area contributed by atoms with Gasteiger partial charge in [0.2, 0.25) is 0 Å². The highest BCUT2D eigenvalue weighted by Gasteiger charge is 2.56. The number of nitrogens with one attached hydrogen (secondary N) is 2. The summed E-state index contributed by atoms with van der Waals surface area (Å²) in [5.41, 5.74) is -2.19.